The SMILES string of the molecule is CCCCC/C=C/CCCCCCCCCCCCCC[N+](CC(CC)C(=O)[O-])(CC(CC)C(=O)O)CC(CC)C(=O)O. The molecule has 0 aromatic carbocycles. The molecule has 252 valence electrons. The van der Waals surface area contributed by atoms with Crippen molar-refractivity contribution in [2.24, 2.45) is 17.8 Å². The first-order chi connectivity index (χ1) is 20.7. The van der Waals surface area contributed by atoms with E-state index in [9.17, 15) is 29.7 Å². The molecule has 0 heterocycles. The zero-order valence-electron chi connectivity index (χ0n) is 28.3. The lowest BCUT2D eigenvalue weighted by atomic mass is 9.95. The van der Waals surface area contributed by atoms with Crippen LogP contribution in [0.2, 0.25) is 0 Å². The Hall–Kier alpha value is -1.89. The van der Waals surface area contributed by atoms with Gasteiger partial charge >= 0.3 is 11.9 Å². The van der Waals surface area contributed by atoms with Gasteiger partial charge in [0.05, 0.1) is 32.1 Å². The van der Waals surface area contributed by atoms with Crippen molar-refractivity contribution in [3.05, 3.63) is 12.2 Å². The van der Waals surface area contributed by atoms with E-state index in [1.165, 1.54) is 89.9 Å². The number of allylic oxidation sites excluding steroid dienone is 2. The van der Waals surface area contributed by atoms with Gasteiger partial charge in [-0.05, 0) is 57.8 Å². The van der Waals surface area contributed by atoms with Crippen molar-refractivity contribution >= 4 is 17.9 Å². The van der Waals surface area contributed by atoms with Crippen molar-refractivity contribution < 1.29 is 34.2 Å². The van der Waals surface area contributed by atoms with Gasteiger partial charge in [0.2, 0.25) is 0 Å². The van der Waals surface area contributed by atoms with Crippen LogP contribution in [0.4, 0.5) is 0 Å². The number of carboxylic acids is 3. The van der Waals surface area contributed by atoms with Gasteiger partial charge in [-0.25, -0.2) is 0 Å². The van der Waals surface area contributed by atoms with Crippen LogP contribution in [0.15, 0.2) is 12.2 Å². The normalized spacial score (nSPS) is 15.3. The van der Waals surface area contributed by atoms with Crippen LogP contribution in [0.3, 0.4) is 0 Å². The fourth-order valence-electron chi connectivity index (χ4n) is 6.26. The molecule has 0 saturated carbocycles. The Morgan fingerprint density at radius 3 is 1.26 bits per heavy atom. The summed E-state index contributed by atoms with van der Waals surface area (Å²) in [6.07, 6.45) is 26.8. The van der Waals surface area contributed by atoms with Crippen LogP contribution in [-0.4, -0.2) is 58.8 Å². The first kappa shape index (κ1) is 41.1. The summed E-state index contributed by atoms with van der Waals surface area (Å²) in [7, 11) is 0. The summed E-state index contributed by atoms with van der Waals surface area (Å²) in [5.74, 6) is -4.94. The molecule has 0 spiro atoms. The van der Waals surface area contributed by atoms with E-state index in [4.69, 9.17) is 0 Å². The second-order valence-corrected chi connectivity index (χ2v) is 12.9. The molecule has 0 amide bonds. The molecule has 3 atom stereocenters. The van der Waals surface area contributed by atoms with Crippen LogP contribution >= 0.6 is 0 Å². The van der Waals surface area contributed by atoms with E-state index < -0.39 is 35.7 Å². The molecule has 0 aliphatic rings. The molecule has 0 rings (SSSR count). The molecular formula is C36H67NO6. The van der Waals surface area contributed by atoms with E-state index in [1.54, 1.807) is 6.92 Å². The number of carbonyl (C=O) groups is 3. The Kier molecular flexibility index (Phi) is 25.3. The summed E-state index contributed by atoms with van der Waals surface area (Å²) in [6, 6.07) is 0. The Bertz CT molecular complexity index is 692. The maximum atomic E-state index is 12.0. The highest BCUT2D eigenvalue weighted by Crippen LogP contribution is 2.25. The van der Waals surface area contributed by atoms with Crippen LogP contribution in [-0.2, 0) is 14.4 Å². The van der Waals surface area contributed by atoms with E-state index in [1.807, 2.05) is 13.8 Å². The first-order valence-electron chi connectivity index (χ1n) is 17.8. The maximum Gasteiger partial charge on any atom is 0.312 e. The highest BCUT2D eigenvalue weighted by molar-refractivity contribution is 5.70. The van der Waals surface area contributed by atoms with Gasteiger partial charge < -0.3 is 24.6 Å². The Morgan fingerprint density at radius 1 is 0.558 bits per heavy atom. The van der Waals surface area contributed by atoms with Crippen LogP contribution in [0.5, 0.6) is 0 Å². The van der Waals surface area contributed by atoms with E-state index in [0.29, 0.717) is 25.8 Å². The molecule has 7 nitrogen and oxygen atoms in total. The molecule has 0 radical (unpaired) electrons. The van der Waals surface area contributed by atoms with Crippen LogP contribution in [0.1, 0.15) is 156 Å². The molecule has 43 heavy (non-hydrogen) atoms. The molecule has 0 bridgehead atoms. The number of carboxylic acid groups (broad SMARTS) is 3. The molecule has 0 saturated heterocycles. The second kappa shape index (κ2) is 26.5. The number of hydrogen-bond acceptors (Lipinski definition) is 4. The van der Waals surface area contributed by atoms with Gasteiger partial charge in [-0.2, -0.15) is 0 Å². The summed E-state index contributed by atoms with van der Waals surface area (Å²) in [6.45, 7) is 9.04. The minimum atomic E-state index is -1.14. The van der Waals surface area contributed by atoms with E-state index in [0.717, 1.165) is 19.3 Å². The largest absolute Gasteiger partial charge is 0.550 e. The minimum Gasteiger partial charge on any atom is -0.550 e. The number of rotatable bonds is 31. The number of aliphatic carboxylic acids is 3. The second-order valence-electron chi connectivity index (χ2n) is 12.9. The average molecular weight is 610 g/mol. The molecule has 7 heteroatoms. The van der Waals surface area contributed by atoms with Gasteiger partial charge in [-0.15, -0.1) is 0 Å². The maximum absolute atomic E-state index is 12.0. The number of carbonyl (C=O) groups excluding carboxylic acids is 1. The van der Waals surface area contributed by atoms with Crippen molar-refractivity contribution in [2.45, 2.75) is 156 Å². The zero-order valence-corrected chi connectivity index (χ0v) is 28.3. The monoisotopic (exact) mass is 609 g/mol. The summed E-state index contributed by atoms with van der Waals surface area (Å²) in [4.78, 5) is 35.8. The van der Waals surface area contributed by atoms with E-state index in [2.05, 4.69) is 19.1 Å². The van der Waals surface area contributed by atoms with E-state index >= 15 is 0 Å². The third-order valence-corrected chi connectivity index (χ3v) is 9.23. The van der Waals surface area contributed by atoms with Gasteiger partial charge in [0.15, 0.2) is 0 Å². The third kappa shape index (κ3) is 20.7. The van der Waals surface area contributed by atoms with Gasteiger partial charge in [0, 0.05) is 5.92 Å². The van der Waals surface area contributed by atoms with Gasteiger partial charge in [-0.3, -0.25) is 9.59 Å². The highest BCUT2D eigenvalue weighted by Gasteiger charge is 2.39. The molecular weight excluding hydrogens is 542 g/mol. The predicted molar refractivity (Wildman–Crippen MR) is 175 cm³/mol. The third-order valence-electron chi connectivity index (χ3n) is 9.23. The van der Waals surface area contributed by atoms with Crippen LogP contribution in [0, 0.1) is 17.8 Å². The van der Waals surface area contributed by atoms with Crippen molar-refractivity contribution in [1.29, 1.82) is 0 Å². The topological polar surface area (TPSA) is 115 Å². The average Bonchev–Trinajstić information content (AvgIpc) is 2.98. The van der Waals surface area contributed by atoms with Crippen molar-refractivity contribution in [3.63, 3.8) is 0 Å². The standard InChI is InChI=1S/C36H67NO6/c1-5-9-10-11-12-13-14-15-16-17-18-19-20-21-22-23-24-25-26-27-37(28-31(6-2)34(38)39,29-32(7-3)35(40)41)30-33(8-4)36(42)43/h12-13,31-33H,5-11,14-30H2,1-4H3,(H2-,38,39,40,41,42,43)/b13-12+. The summed E-state index contributed by atoms with van der Waals surface area (Å²) in [5.41, 5.74) is 0. The molecule has 0 aliphatic carbocycles. The first-order valence-corrected chi connectivity index (χ1v) is 17.8. The number of unbranched alkanes of at least 4 members (excludes halogenated alkanes) is 15. The fourth-order valence-corrected chi connectivity index (χ4v) is 6.26. The lowest BCUT2D eigenvalue weighted by Crippen LogP contribution is -2.59. The predicted octanol–water partition coefficient (Wildman–Crippen LogP) is 8.01. The fraction of sp³-hybridized carbons (Fsp3) is 0.861. The highest BCUT2D eigenvalue weighted by atomic mass is 16.4. The van der Waals surface area contributed by atoms with Gasteiger partial charge in [-0.1, -0.05) is 110 Å². The van der Waals surface area contributed by atoms with Crippen molar-refractivity contribution in [1.82, 2.24) is 0 Å². The molecule has 3 unspecified atom stereocenters. The number of nitrogens with zero attached hydrogens (tertiary/aromatic N) is 1. The minimum absolute atomic E-state index is 0.220. The molecule has 0 aliphatic heterocycles. The van der Waals surface area contributed by atoms with Gasteiger partial charge in [0.1, 0.15) is 11.8 Å². The van der Waals surface area contributed by atoms with Crippen molar-refractivity contribution in [2.75, 3.05) is 26.2 Å². The summed E-state index contributed by atoms with van der Waals surface area (Å²) in [5, 5.41) is 31.5. The lowest BCUT2D eigenvalue weighted by Gasteiger charge is -2.44. The molecule has 0 aromatic rings. The summed E-state index contributed by atoms with van der Waals surface area (Å²) >= 11 is 0. The molecule has 2 N–H and O–H groups in total. The number of quaternary nitrogens is 1. The zero-order chi connectivity index (χ0) is 32.3. The van der Waals surface area contributed by atoms with Crippen LogP contribution < -0.4 is 5.11 Å². The van der Waals surface area contributed by atoms with Crippen molar-refractivity contribution in [3.8, 4) is 0 Å². The Labute approximate surface area is 264 Å². The smallest absolute Gasteiger partial charge is 0.312 e. The number of hydrogen-bond donors (Lipinski definition) is 2. The Balaban J connectivity index is 4.62. The van der Waals surface area contributed by atoms with Gasteiger partial charge in [0.25, 0.3) is 0 Å². The lowest BCUT2D eigenvalue weighted by molar-refractivity contribution is -0.935. The quantitative estimate of drug-likeness (QED) is 0.0467. The van der Waals surface area contributed by atoms with E-state index in [-0.39, 0.29) is 24.1 Å². The Morgan fingerprint density at radius 2 is 0.907 bits per heavy atom. The molecule has 0 fully saturated rings. The molecule has 0 aromatic heterocycles. The summed E-state index contributed by atoms with van der Waals surface area (Å²) < 4.78 is 0.220. The van der Waals surface area contributed by atoms with Crippen LogP contribution in [0.25, 0.3) is 0 Å².